The van der Waals surface area contributed by atoms with Crippen molar-refractivity contribution in [1.82, 2.24) is 0 Å². The quantitative estimate of drug-likeness (QED) is 0.610. The minimum atomic E-state index is 0.757. The molecular weight excluding hydrogens is 294 g/mol. The largest absolute Gasteiger partial charge is 0.493 e. The van der Waals surface area contributed by atoms with Gasteiger partial charge in [-0.1, -0.05) is 54.6 Å². The van der Waals surface area contributed by atoms with Crippen molar-refractivity contribution in [2.75, 3.05) is 24.6 Å². The number of para-hydroxylation sites is 1. The van der Waals surface area contributed by atoms with Gasteiger partial charge in [0.2, 0.25) is 0 Å². The molecule has 0 bridgehead atoms. The van der Waals surface area contributed by atoms with E-state index in [-0.39, 0.29) is 0 Å². The first-order valence-electron chi connectivity index (χ1n) is 8.85. The van der Waals surface area contributed by atoms with Crippen LogP contribution in [0.2, 0.25) is 0 Å². The monoisotopic (exact) mass is 317 g/mol. The first-order chi connectivity index (χ1) is 11.9. The molecule has 0 aromatic heterocycles. The van der Waals surface area contributed by atoms with Crippen LogP contribution in [-0.2, 0) is 6.42 Å². The van der Waals surface area contributed by atoms with E-state index in [9.17, 15) is 0 Å². The summed E-state index contributed by atoms with van der Waals surface area (Å²) < 4.78 is 6.07. The van der Waals surface area contributed by atoms with Gasteiger partial charge in [-0.15, -0.1) is 0 Å². The topological polar surface area (TPSA) is 12.5 Å². The summed E-state index contributed by atoms with van der Waals surface area (Å²) in [5.41, 5.74) is 2.90. The second-order valence-corrected chi connectivity index (χ2v) is 6.40. The fourth-order valence-corrected chi connectivity index (χ4v) is 3.60. The van der Waals surface area contributed by atoms with Gasteiger partial charge in [0.05, 0.1) is 6.61 Å². The Kier molecular flexibility index (Phi) is 4.37. The smallest absolute Gasteiger partial charge is 0.127 e. The lowest BCUT2D eigenvalue weighted by Crippen LogP contribution is -2.31. The van der Waals surface area contributed by atoms with Crippen LogP contribution in [0, 0.1) is 0 Å². The number of fused-ring (bicyclic) bond motifs is 2. The third-order valence-corrected chi connectivity index (χ3v) is 4.79. The third kappa shape index (κ3) is 3.09. The zero-order valence-corrected chi connectivity index (χ0v) is 13.9. The molecule has 122 valence electrons. The van der Waals surface area contributed by atoms with Crippen LogP contribution in [0.5, 0.6) is 5.75 Å². The van der Waals surface area contributed by atoms with Crippen molar-refractivity contribution >= 4 is 16.5 Å². The lowest BCUT2D eigenvalue weighted by molar-refractivity contribution is 0.315. The summed E-state index contributed by atoms with van der Waals surface area (Å²) >= 11 is 0. The van der Waals surface area contributed by atoms with Crippen LogP contribution in [0.1, 0.15) is 18.4 Å². The second-order valence-electron chi connectivity index (χ2n) is 6.40. The molecule has 0 amide bonds. The number of benzene rings is 3. The molecule has 0 saturated carbocycles. The van der Waals surface area contributed by atoms with E-state index in [1.54, 1.807) is 0 Å². The van der Waals surface area contributed by atoms with Crippen molar-refractivity contribution < 1.29 is 4.74 Å². The van der Waals surface area contributed by atoms with Crippen molar-refractivity contribution in [2.24, 2.45) is 0 Å². The molecule has 0 N–H and O–H groups in total. The predicted octanol–water partition coefficient (Wildman–Crippen LogP) is 5.06. The standard InChI is InChI=1S/C22H23NO/c1-3-12-20-18(8-1)10-5-14-22(20)24-17-7-16-23-15-6-11-19-9-2-4-13-21(19)23/h1-5,8-10,12-14H,6-7,11,15-17H2. The predicted molar refractivity (Wildman–Crippen MR) is 101 cm³/mol. The highest BCUT2D eigenvalue weighted by molar-refractivity contribution is 5.88. The molecule has 1 aliphatic heterocycles. The summed E-state index contributed by atoms with van der Waals surface area (Å²) in [4.78, 5) is 2.51. The van der Waals surface area contributed by atoms with Gasteiger partial charge in [0.25, 0.3) is 0 Å². The Labute approximate surface area is 143 Å². The molecule has 24 heavy (non-hydrogen) atoms. The highest BCUT2D eigenvalue weighted by atomic mass is 16.5. The zero-order chi connectivity index (χ0) is 16.2. The zero-order valence-electron chi connectivity index (χ0n) is 13.9. The molecule has 1 aliphatic rings. The van der Waals surface area contributed by atoms with E-state index in [1.807, 2.05) is 0 Å². The first kappa shape index (κ1) is 15.1. The SMILES string of the molecule is c1ccc2c(c1)CCCN2CCCOc1cccc2ccccc12. The van der Waals surface area contributed by atoms with Gasteiger partial charge >= 0.3 is 0 Å². The van der Waals surface area contributed by atoms with Crippen LogP contribution in [0.25, 0.3) is 10.8 Å². The van der Waals surface area contributed by atoms with Crippen LogP contribution < -0.4 is 9.64 Å². The van der Waals surface area contributed by atoms with Crippen molar-refractivity contribution in [3.63, 3.8) is 0 Å². The molecule has 2 nitrogen and oxygen atoms in total. The molecule has 0 spiro atoms. The van der Waals surface area contributed by atoms with Gasteiger partial charge in [-0.25, -0.2) is 0 Å². The van der Waals surface area contributed by atoms with E-state index in [2.05, 4.69) is 71.6 Å². The number of hydrogen-bond acceptors (Lipinski definition) is 2. The number of aryl methyl sites for hydroxylation is 1. The Morgan fingerprint density at radius 3 is 2.71 bits per heavy atom. The van der Waals surface area contributed by atoms with Crippen molar-refractivity contribution in [3.05, 3.63) is 72.3 Å². The van der Waals surface area contributed by atoms with Gasteiger partial charge < -0.3 is 9.64 Å². The van der Waals surface area contributed by atoms with Crippen LogP contribution >= 0.6 is 0 Å². The average Bonchev–Trinajstić information content (AvgIpc) is 2.65. The molecule has 0 saturated heterocycles. The Hall–Kier alpha value is -2.48. The number of rotatable bonds is 5. The van der Waals surface area contributed by atoms with Gasteiger partial charge in [0.15, 0.2) is 0 Å². The highest BCUT2D eigenvalue weighted by Gasteiger charge is 2.15. The van der Waals surface area contributed by atoms with E-state index in [0.717, 1.165) is 31.9 Å². The van der Waals surface area contributed by atoms with Gasteiger partial charge in [-0.2, -0.15) is 0 Å². The third-order valence-electron chi connectivity index (χ3n) is 4.79. The van der Waals surface area contributed by atoms with E-state index in [0.29, 0.717) is 0 Å². The molecule has 4 rings (SSSR count). The molecule has 0 atom stereocenters. The maximum atomic E-state index is 6.07. The number of anilines is 1. The second kappa shape index (κ2) is 6.96. The molecule has 0 unspecified atom stereocenters. The molecule has 3 aromatic rings. The summed E-state index contributed by atoms with van der Waals surface area (Å²) in [6.07, 6.45) is 3.50. The molecule has 0 aliphatic carbocycles. The van der Waals surface area contributed by atoms with Gasteiger partial charge in [-0.3, -0.25) is 0 Å². The molecular formula is C22H23NO. The van der Waals surface area contributed by atoms with E-state index in [1.165, 1.54) is 34.9 Å². The van der Waals surface area contributed by atoms with Gasteiger partial charge in [0, 0.05) is 24.2 Å². The lowest BCUT2D eigenvalue weighted by Gasteiger charge is -2.31. The van der Waals surface area contributed by atoms with Crippen LogP contribution in [0.4, 0.5) is 5.69 Å². The Morgan fingerprint density at radius 2 is 1.71 bits per heavy atom. The molecule has 3 aromatic carbocycles. The van der Waals surface area contributed by atoms with Crippen molar-refractivity contribution in [2.45, 2.75) is 19.3 Å². The first-order valence-corrected chi connectivity index (χ1v) is 8.85. The van der Waals surface area contributed by atoms with E-state index in [4.69, 9.17) is 4.74 Å². The van der Waals surface area contributed by atoms with Gasteiger partial charge in [0.1, 0.15) is 5.75 Å². The number of ether oxygens (including phenoxy) is 1. The van der Waals surface area contributed by atoms with Crippen molar-refractivity contribution in [1.29, 1.82) is 0 Å². The summed E-state index contributed by atoms with van der Waals surface area (Å²) in [5.74, 6) is 0.993. The number of nitrogens with zero attached hydrogens (tertiary/aromatic N) is 1. The molecule has 2 heteroatoms. The maximum Gasteiger partial charge on any atom is 0.127 e. The fraction of sp³-hybridized carbons (Fsp3) is 0.273. The van der Waals surface area contributed by atoms with E-state index >= 15 is 0 Å². The maximum absolute atomic E-state index is 6.07. The van der Waals surface area contributed by atoms with E-state index < -0.39 is 0 Å². The minimum absolute atomic E-state index is 0.757. The Balaban J connectivity index is 1.37. The van der Waals surface area contributed by atoms with Crippen molar-refractivity contribution in [3.8, 4) is 5.75 Å². The normalized spacial score (nSPS) is 13.8. The van der Waals surface area contributed by atoms with Gasteiger partial charge in [-0.05, 0) is 42.3 Å². The summed E-state index contributed by atoms with van der Waals surface area (Å²) in [7, 11) is 0. The fourth-order valence-electron chi connectivity index (χ4n) is 3.60. The van der Waals surface area contributed by atoms with Crippen LogP contribution in [0.3, 0.4) is 0 Å². The summed E-state index contributed by atoms with van der Waals surface area (Å²) in [5, 5.41) is 2.43. The summed E-state index contributed by atoms with van der Waals surface area (Å²) in [6.45, 7) is 2.97. The lowest BCUT2D eigenvalue weighted by atomic mass is 10.0. The number of hydrogen-bond donors (Lipinski definition) is 0. The Morgan fingerprint density at radius 1 is 0.875 bits per heavy atom. The molecule has 0 radical (unpaired) electrons. The average molecular weight is 317 g/mol. The Bertz CT molecular complexity index is 822. The minimum Gasteiger partial charge on any atom is -0.493 e. The molecule has 0 fully saturated rings. The molecule has 1 heterocycles. The highest BCUT2D eigenvalue weighted by Crippen LogP contribution is 2.27. The summed E-state index contributed by atoms with van der Waals surface area (Å²) in [6, 6.07) is 23.5. The van der Waals surface area contributed by atoms with Crippen LogP contribution in [-0.4, -0.2) is 19.7 Å². The van der Waals surface area contributed by atoms with Crippen LogP contribution in [0.15, 0.2) is 66.7 Å².